The quantitative estimate of drug-likeness (QED) is 0.253. The molecule has 0 aliphatic carbocycles. The van der Waals surface area contributed by atoms with Crippen LogP contribution in [0.2, 0.25) is 0 Å². The number of thioether (sulfide) groups is 1. The molecule has 1 saturated heterocycles. The summed E-state index contributed by atoms with van der Waals surface area (Å²) in [5, 5.41) is 3.29. The molecule has 0 atom stereocenters. The van der Waals surface area contributed by atoms with Crippen LogP contribution in [0.1, 0.15) is 56.2 Å². The number of nitrogens with zero attached hydrogens (tertiary/aromatic N) is 3. The zero-order chi connectivity index (χ0) is 31.5. The third-order valence-corrected chi connectivity index (χ3v) is 8.60. The third-order valence-electron chi connectivity index (χ3n) is 7.20. The number of hydrogen-bond donors (Lipinski definition) is 2. The van der Waals surface area contributed by atoms with Gasteiger partial charge in [-0.05, 0) is 35.6 Å². The summed E-state index contributed by atoms with van der Waals surface area (Å²) in [6, 6.07) is 7.42. The van der Waals surface area contributed by atoms with Crippen molar-refractivity contribution in [1.82, 2.24) is 14.8 Å². The number of aromatic nitrogens is 1. The van der Waals surface area contributed by atoms with Gasteiger partial charge in [0.05, 0.1) is 18.5 Å². The monoisotopic (exact) mass is 641 g/mol. The molecule has 1 amide bonds. The van der Waals surface area contributed by atoms with Crippen LogP contribution in [0.4, 0.5) is 24.5 Å². The minimum absolute atomic E-state index is 0.0406. The first-order valence-electron chi connectivity index (χ1n) is 14.1. The Balaban J connectivity index is 1.31. The van der Waals surface area contributed by atoms with Crippen LogP contribution in [0.5, 0.6) is 0 Å². The van der Waals surface area contributed by atoms with Gasteiger partial charge in [0.15, 0.2) is 5.58 Å². The lowest BCUT2D eigenvalue weighted by atomic mass is 9.91. The molecule has 2 N–H and O–H groups in total. The first kappa shape index (κ1) is 33.1. The second kappa shape index (κ2) is 13.4. The molecule has 2 heterocycles. The van der Waals surface area contributed by atoms with Crippen LogP contribution in [0.3, 0.4) is 0 Å². The topological polar surface area (TPSA) is 108 Å². The lowest BCUT2D eigenvalue weighted by Crippen LogP contribution is -2.49. The molecule has 1 aliphatic heterocycles. The number of benzene rings is 2. The number of oxazole rings is 1. The largest absolute Gasteiger partial charge is 0.431 e. The number of halogens is 3. The summed E-state index contributed by atoms with van der Waals surface area (Å²) in [6.45, 7) is 11.7. The predicted octanol–water partition coefficient (Wildman–Crippen LogP) is 5.81. The molecule has 0 spiro atoms. The number of para-hydroxylation sites is 1. The van der Waals surface area contributed by atoms with E-state index in [1.165, 1.54) is 23.9 Å². The van der Waals surface area contributed by atoms with Crippen molar-refractivity contribution in [2.24, 2.45) is 0 Å². The molecular weight excluding hydrogens is 603 g/mol. The summed E-state index contributed by atoms with van der Waals surface area (Å²) in [6.07, 6.45) is -3.41. The second-order valence-corrected chi connectivity index (χ2v) is 14.1. The molecule has 14 heteroatoms. The zero-order valence-electron chi connectivity index (χ0n) is 24.9. The van der Waals surface area contributed by atoms with Crippen molar-refractivity contribution in [2.75, 3.05) is 61.3 Å². The van der Waals surface area contributed by atoms with Crippen LogP contribution in [0.25, 0.3) is 11.1 Å². The fourth-order valence-corrected chi connectivity index (χ4v) is 6.58. The van der Waals surface area contributed by atoms with E-state index in [0.717, 1.165) is 36.5 Å². The fraction of sp³-hybridized carbons (Fsp3) is 0.517. The SMILES string of the molecule is CC(C)c1ccc(NS(C)(=O)=O)c(C(C)C)c1NC(=O)CN1CCN(CCSc2nc3cccc(C(F)(F)F)c3o2)CC1. The van der Waals surface area contributed by atoms with E-state index in [-0.39, 0.29) is 40.6 Å². The molecule has 0 unspecified atom stereocenters. The van der Waals surface area contributed by atoms with Gasteiger partial charge in [-0.2, -0.15) is 13.2 Å². The molecule has 4 rings (SSSR count). The Morgan fingerprint density at radius 2 is 1.72 bits per heavy atom. The van der Waals surface area contributed by atoms with Crippen molar-refractivity contribution in [1.29, 1.82) is 0 Å². The van der Waals surface area contributed by atoms with E-state index in [2.05, 4.69) is 24.8 Å². The van der Waals surface area contributed by atoms with Gasteiger partial charge < -0.3 is 9.73 Å². The molecule has 9 nitrogen and oxygen atoms in total. The van der Waals surface area contributed by atoms with Gasteiger partial charge in [-0.3, -0.25) is 19.3 Å². The maximum atomic E-state index is 13.3. The van der Waals surface area contributed by atoms with E-state index in [1.54, 1.807) is 6.07 Å². The highest BCUT2D eigenvalue weighted by atomic mass is 32.2. The van der Waals surface area contributed by atoms with Crippen molar-refractivity contribution < 1.29 is 30.8 Å². The number of nitrogens with one attached hydrogen (secondary N) is 2. The van der Waals surface area contributed by atoms with Gasteiger partial charge in [0, 0.05) is 49.7 Å². The van der Waals surface area contributed by atoms with Crippen molar-refractivity contribution >= 4 is 50.2 Å². The van der Waals surface area contributed by atoms with Crippen molar-refractivity contribution in [3.63, 3.8) is 0 Å². The number of carbonyl (C=O) groups is 1. The molecule has 1 fully saturated rings. The summed E-state index contributed by atoms with van der Waals surface area (Å²) >= 11 is 1.28. The minimum atomic E-state index is -4.51. The van der Waals surface area contributed by atoms with E-state index in [0.29, 0.717) is 36.8 Å². The molecule has 1 aromatic heterocycles. The van der Waals surface area contributed by atoms with Gasteiger partial charge in [0.1, 0.15) is 11.1 Å². The lowest BCUT2D eigenvalue weighted by Gasteiger charge is -2.34. The molecule has 0 saturated carbocycles. The molecule has 3 aromatic rings. The molecular formula is C29H38F3N5O4S2. The highest BCUT2D eigenvalue weighted by Gasteiger charge is 2.34. The number of carbonyl (C=O) groups excluding carboxylic acids is 1. The van der Waals surface area contributed by atoms with E-state index >= 15 is 0 Å². The number of anilines is 2. The highest BCUT2D eigenvalue weighted by molar-refractivity contribution is 7.99. The Morgan fingerprint density at radius 3 is 2.33 bits per heavy atom. The number of amides is 1. The Kier molecular flexibility index (Phi) is 10.4. The molecule has 2 aromatic carbocycles. The van der Waals surface area contributed by atoms with Crippen LogP contribution >= 0.6 is 11.8 Å². The summed E-state index contributed by atoms with van der Waals surface area (Å²) < 4.78 is 71.8. The number of rotatable bonds is 11. The average molecular weight is 642 g/mol. The molecule has 43 heavy (non-hydrogen) atoms. The number of sulfonamides is 1. The van der Waals surface area contributed by atoms with E-state index in [4.69, 9.17) is 4.42 Å². The first-order valence-corrected chi connectivity index (χ1v) is 17.0. The fourth-order valence-electron chi connectivity index (χ4n) is 5.17. The standard InChI is InChI=1S/C29H38F3N5O4S2/c1-18(2)20-9-10-22(35-43(5,39)40)25(19(3)4)26(20)34-24(38)17-37-13-11-36(12-14-37)15-16-42-28-33-23-8-6-7-21(27(23)41-28)29(30,31)32/h6-10,18-19,35H,11-17H2,1-5H3,(H,34,38). The number of hydrogen-bond acceptors (Lipinski definition) is 8. The Morgan fingerprint density at radius 1 is 1.05 bits per heavy atom. The van der Waals surface area contributed by atoms with Crippen molar-refractivity contribution in [3.05, 3.63) is 47.0 Å². The van der Waals surface area contributed by atoms with Crippen LogP contribution < -0.4 is 10.0 Å². The molecule has 0 radical (unpaired) electrons. The minimum Gasteiger partial charge on any atom is -0.431 e. The van der Waals surface area contributed by atoms with Gasteiger partial charge in [-0.15, -0.1) is 0 Å². The Labute approximate surface area is 254 Å². The number of alkyl halides is 3. The van der Waals surface area contributed by atoms with Crippen molar-refractivity contribution in [2.45, 2.75) is 50.9 Å². The Bertz CT molecular complexity index is 1550. The maximum Gasteiger partial charge on any atom is 0.420 e. The third kappa shape index (κ3) is 8.64. The van der Waals surface area contributed by atoms with Gasteiger partial charge in [0.25, 0.3) is 5.22 Å². The normalized spacial score (nSPS) is 15.5. The smallest absolute Gasteiger partial charge is 0.420 e. The zero-order valence-corrected chi connectivity index (χ0v) is 26.5. The van der Waals surface area contributed by atoms with E-state index < -0.39 is 21.8 Å². The highest BCUT2D eigenvalue weighted by Crippen LogP contribution is 2.39. The number of piperazine rings is 1. The van der Waals surface area contributed by atoms with Gasteiger partial charge in [0.2, 0.25) is 15.9 Å². The Hall–Kier alpha value is -2.81. The maximum absolute atomic E-state index is 13.3. The van der Waals surface area contributed by atoms with Gasteiger partial charge in [-0.25, -0.2) is 13.4 Å². The van der Waals surface area contributed by atoms with Gasteiger partial charge in [-0.1, -0.05) is 51.6 Å². The summed E-state index contributed by atoms with van der Waals surface area (Å²) in [5.74, 6) is 0.505. The second-order valence-electron chi connectivity index (χ2n) is 11.3. The summed E-state index contributed by atoms with van der Waals surface area (Å²) in [4.78, 5) is 21.7. The summed E-state index contributed by atoms with van der Waals surface area (Å²) in [7, 11) is -3.50. The predicted molar refractivity (Wildman–Crippen MR) is 164 cm³/mol. The van der Waals surface area contributed by atoms with Crippen LogP contribution in [0, 0.1) is 0 Å². The average Bonchev–Trinajstić information content (AvgIpc) is 3.30. The van der Waals surface area contributed by atoms with Crippen LogP contribution in [-0.2, 0) is 21.0 Å². The molecule has 0 bridgehead atoms. The van der Waals surface area contributed by atoms with Crippen LogP contribution in [0.15, 0.2) is 40.0 Å². The lowest BCUT2D eigenvalue weighted by molar-refractivity contribution is -0.136. The summed E-state index contributed by atoms with van der Waals surface area (Å²) in [5.41, 5.74) is 1.91. The van der Waals surface area contributed by atoms with Gasteiger partial charge >= 0.3 is 6.18 Å². The first-order chi connectivity index (χ1) is 20.1. The molecule has 1 aliphatic rings. The number of fused-ring (bicyclic) bond motifs is 1. The molecule has 236 valence electrons. The van der Waals surface area contributed by atoms with E-state index in [1.807, 2.05) is 33.8 Å². The van der Waals surface area contributed by atoms with E-state index in [9.17, 15) is 26.4 Å². The van der Waals surface area contributed by atoms with Crippen LogP contribution in [-0.4, -0.2) is 80.4 Å². The van der Waals surface area contributed by atoms with Crippen molar-refractivity contribution in [3.8, 4) is 0 Å².